The van der Waals surface area contributed by atoms with E-state index in [4.69, 9.17) is 5.11 Å². The molecule has 2 aromatic rings. The quantitative estimate of drug-likeness (QED) is 0.778. The molecular weight excluding hydrogens is 310 g/mol. The van der Waals surface area contributed by atoms with E-state index in [1.807, 2.05) is 18.0 Å². The Morgan fingerprint density at radius 2 is 2.26 bits per heavy atom. The average Bonchev–Trinajstić information content (AvgIpc) is 2.93. The molecule has 0 unspecified atom stereocenters. The molecule has 6 heteroatoms. The van der Waals surface area contributed by atoms with Crippen molar-refractivity contribution in [1.82, 2.24) is 9.88 Å². The predicted octanol–water partition coefficient (Wildman–Crippen LogP) is 2.30. The van der Waals surface area contributed by atoms with Gasteiger partial charge in [0, 0.05) is 24.0 Å². The Hall–Kier alpha value is -1.76. The molecule has 124 valence electrons. The molecule has 0 bridgehead atoms. The summed E-state index contributed by atoms with van der Waals surface area (Å²) in [5, 5.41) is 12.4. The lowest BCUT2D eigenvalue weighted by Gasteiger charge is -2.17. The van der Waals surface area contributed by atoms with Crippen LogP contribution in [0.1, 0.15) is 22.9 Å². The van der Waals surface area contributed by atoms with E-state index in [1.54, 1.807) is 0 Å². The normalized spacial score (nSPS) is 11.0. The fourth-order valence-corrected chi connectivity index (χ4v) is 3.19. The first-order chi connectivity index (χ1) is 11.1. The van der Waals surface area contributed by atoms with E-state index >= 15 is 0 Å². The van der Waals surface area contributed by atoms with E-state index in [0.717, 1.165) is 17.8 Å². The maximum atomic E-state index is 12.0. The smallest absolute Gasteiger partial charge is 0.240 e. The van der Waals surface area contributed by atoms with Crippen LogP contribution in [-0.2, 0) is 11.2 Å². The van der Waals surface area contributed by atoms with Gasteiger partial charge in [0.1, 0.15) is 0 Å². The zero-order valence-electron chi connectivity index (χ0n) is 13.6. The minimum absolute atomic E-state index is 0.0546. The summed E-state index contributed by atoms with van der Waals surface area (Å²) in [6.45, 7) is 5.59. The number of aromatic nitrogens is 1. The number of aryl methyl sites for hydroxylation is 1. The first-order valence-electron chi connectivity index (χ1n) is 7.74. The van der Waals surface area contributed by atoms with Crippen LogP contribution < -0.4 is 5.32 Å². The van der Waals surface area contributed by atoms with E-state index in [0.29, 0.717) is 11.7 Å². The van der Waals surface area contributed by atoms with Gasteiger partial charge in [-0.05, 0) is 19.0 Å². The second-order valence-corrected chi connectivity index (χ2v) is 6.55. The number of nitrogens with zero attached hydrogens (tertiary/aromatic N) is 2. The molecule has 0 saturated heterocycles. The molecule has 23 heavy (non-hydrogen) atoms. The van der Waals surface area contributed by atoms with Crippen LogP contribution >= 0.6 is 11.3 Å². The third-order valence-corrected chi connectivity index (χ3v) is 4.40. The number of amides is 1. The van der Waals surface area contributed by atoms with Crippen LogP contribution in [0.3, 0.4) is 0 Å². The fraction of sp³-hybridized carbons (Fsp3) is 0.412. The van der Waals surface area contributed by atoms with Crippen molar-refractivity contribution in [1.29, 1.82) is 0 Å². The third-order valence-electron chi connectivity index (χ3n) is 3.49. The Morgan fingerprint density at radius 1 is 1.43 bits per heavy atom. The number of hydrogen-bond donors (Lipinski definition) is 2. The Balaban J connectivity index is 1.90. The van der Waals surface area contributed by atoms with Crippen LogP contribution in [0.2, 0.25) is 0 Å². The van der Waals surface area contributed by atoms with Gasteiger partial charge in [0.2, 0.25) is 5.91 Å². The van der Waals surface area contributed by atoms with Gasteiger partial charge in [-0.1, -0.05) is 36.8 Å². The summed E-state index contributed by atoms with van der Waals surface area (Å²) in [7, 11) is 0. The highest BCUT2D eigenvalue weighted by molar-refractivity contribution is 7.15. The van der Waals surface area contributed by atoms with Gasteiger partial charge in [0.25, 0.3) is 0 Å². The van der Waals surface area contributed by atoms with Crippen molar-refractivity contribution >= 4 is 22.4 Å². The number of carbonyl (C=O) groups excluding carboxylic acids is 1. The molecule has 0 fully saturated rings. The van der Waals surface area contributed by atoms with E-state index in [1.165, 1.54) is 22.5 Å². The van der Waals surface area contributed by atoms with Crippen molar-refractivity contribution in [3.63, 3.8) is 0 Å². The SMILES string of the molecule is CCN(CCO)CC(=O)Nc1ncc(Cc2cccc(C)c2)s1. The van der Waals surface area contributed by atoms with Gasteiger partial charge in [0.05, 0.1) is 13.2 Å². The second-order valence-electron chi connectivity index (χ2n) is 5.44. The van der Waals surface area contributed by atoms with Crippen LogP contribution in [0.25, 0.3) is 0 Å². The molecule has 0 radical (unpaired) electrons. The van der Waals surface area contributed by atoms with E-state index in [2.05, 4.69) is 41.5 Å². The van der Waals surface area contributed by atoms with Crippen LogP contribution in [0.5, 0.6) is 0 Å². The highest BCUT2D eigenvalue weighted by Crippen LogP contribution is 2.21. The van der Waals surface area contributed by atoms with Crippen LogP contribution in [0, 0.1) is 6.92 Å². The molecule has 1 heterocycles. The van der Waals surface area contributed by atoms with Crippen molar-refractivity contribution in [3.05, 3.63) is 46.5 Å². The highest BCUT2D eigenvalue weighted by atomic mass is 32.1. The van der Waals surface area contributed by atoms with E-state index in [-0.39, 0.29) is 19.1 Å². The monoisotopic (exact) mass is 333 g/mol. The lowest BCUT2D eigenvalue weighted by molar-refractivity contribution is -0.117. The summed E-state index contributed by atoms with van der Waals surface area (Å²) >= 11 is 1.50. The largest absolute Gasteiger partial charge is 0.395 e. The number of hydrogen-bond acceptors (Lipinski definition) is 5. The number of aliphatic hydroxyl groups is 1. The summed E-state index contributed by atoms with van der Waals surface area (Å²) in [6, 6.07) is 8.38. The fourth-order valence-electron chi connectivity index (χ4n) is 2.32. The lowest BCUT2D eigenvalue weighted by atomic mass is 10.1. The molecule has 0 saturated carbocycles. The lowest BCUT2D eigenvalue weighted by Crippen LogP contribution is -2.35. The third kappa shape index (κ3) is 5.74. The molecule has 0 spiro atoms. The summed E-state index contributed by atoms with van der Waals surface area (Å²) in [4.78, 5) is 19.3. The van der Waals surface area contributed by atoms with E-state index < -0.39 is 0 Å². The average molecular weight is 333 g/mol. The zero-order valence-corrected chi connectivity index (χ0v) is 14.4. The van der Waals surface area contributed by atoms with Crippen molar-refractivity contribution in [3.8, 4) is 0 Å². The molecule has 0 aliphatic carbocycles. The Bertz CT molecular complexity index is 642. The highest BCUT2D eigenvalue weighted by Gasteiger charge is 2.11. The van der Waals surface area contributed by atoms with Crippen LogP contribution in [-0.4, -0.2) is 47.1 Å². The van der Waals surface area contributed by atoms with Crippen LogP contribution in [0.15, 0.2) is 30.5 Å². The van der Waals surface area contributed by atoms with Gasteiger partial charge >= 0.3 is 0 Å². The first-order valence-corrected chi connectivity index (χ1v) is 8.55. The van der Waals surface area contributed by atoms with Crippen molar-refractivity contribution < 1.29 is 9.90 Å². The van der Waals surface area contributed by atoms with E-state index in [9.17, 15) is 4.79 Å². The molecule has 0 aliphatic rings. The minimum atomic E-state index is -0.100. The molecule has 1 aromatic heterocycles. The number of rotatable bonds is 8. The number of benzene rings is 1. The molecule has 0 aliphatic heterocycles. The maximum Gasteiger partial charge on any atom is 0.240 e. The summed E-state index contributed by atoms with van der Waals surface area (Å²) < 4.78 is 0. The van der Waals surface area contributed by atoms with Crippen molar-refractivity contribution in [2.75, 3.05) is 31.6 Å². The molecule has 1 amide bonds. The summed E-state index contributed by atoms with van der Waals surface area (Å²) in [5.74, 6) is -0.100. The van der Waals surface area contributed by atoms with Gasteiger partial charge in [-0.2, -0.15) is 0 Å². The van der Waals surface area contributed by atoms with Gasteiger partial charge in [-0.25, -0.2) is 4.98 Å². The summed E-state index contributed by atoms with van der Waals surface area (Å²) in [6.07, 6.45) is 2.63. The molecule has 5 nitrogen and oxygen atoms in total. The number of aliphatic hydroxyl groups excluding tert-OH is 1. The number of likely N-dealkylation sites (N-methyl/N-ethyl adjacent to an activating group) is 1. The summed E-state index contributed by atoms with van der Waals surface area (Å²) in [5.41, 5.74) is 2.48. The standard InChI is InChI=1S/C17H23N3O2S/c1-3-20(7-8-21)12-16(22)19-17-18-11-15(23-17)10-14-6-4-5-13(2)9-14/h4-6,9,11,21H,3,7-8,10,12H2,1-2H3,(H,18,19,22). The van der Waals surface area contributed by atoms with Gasteiger partial charge < -0.3 is 10.4 Å². The molecule has 2 N–H and O–H groups in total. The minimum Gasteiger partial charge on any atom is -0.395 e. The molecule has 2 rings (SSSR count). The second kappa shape index (κ2) is 8.76. The molecule has 1 aromatic carbocycles. The van der Waals surface area contributed by atoms with Crippen LogP contribution in [0.4, 0.5) is 5.13 Å². The number of thiazole rings is 1. The topological polar surface area (TPSA) is 65.5 Å². The Kier molecular flexibility index (Phi) is 6.70. The Morgan fingerprint density at radius 3 is 2.96 bits per heavy atom. The number of carbonyl (C=O) groups is 1. The Labute approximate surface area is 141 Å². The molecule has 0 atom stereocenters. The van der Waals surface area contributed by atoms with Crippen molar-refractivity contribution in [2.45, 2.75) is 20.3 Å². The van der Waals surface area contributed by atoms with Gasteiger partial charge in [-0.3, -0.25) is 9.69 Å². The first kappa shape index (κ1) is 17.6. The number of anilines is 1. The molecular formula is C17H23N3O2S. The zero-order chi connectivity index (χ0) is 16.7. The number of nitrogens with one attached hydrogen (secondary N) is 1. The maximum absolute atomic E-state index is 12.0. The van der Waals surface area contributed by atoms with Crippen molar-refractivity contribution in [2.24, 2.45) is 0 Å². The van der Waals surface area contributed by atoms with Gasteiger partial charge in [0.15, 0.2) is 5.13 Å². The predicted molar refractivity (Wildman–Crippen MR) is 93.9 cm³/mol. The van der Waals surface area contributed by atoms with Gasteiger partial charge in [-0.15, -0.1) is 11.3 Å².